The zero-order valence-electron chi connectivity index (χ0n) is 28.4. The standard InChI is InChI=1S/C37H46Cl2N2O7/c1-21(2)16-30-35(44)46-29(23(4)32-33(48-32)26-14-12-24(19-38)13-15-26)8-7-9-31(42)41-28(18-25-11-10-22(3)27(39)17-25)34(43)40-20-37(5,6)36(45)47-30/h7,9-15,17,21,23,28-30,32-33H,8,16,18-20H2,1-6H3,(H,40,43)(H,41,42)/b9-7+. The van der Waals surface area contributed by atoms with E-state index >= 15 is 0 Å². The number of halogens is 2. The van der Waals surface area contributed by atoms with E-state index in [4.69, 9.17) is 37.4 Å². The first kappa shape index (κ1) is 37.4. The molecule has 260 valence electrons. The van der Waals surface area contributed by atoms with Crippen LogP contribution in [-0.4, -0.2) is 54.7 Å². The number of carbonyl (C=O) groups is 4. The summed E-state index contributed by atoms with van der Waals surface area (Å²) in [5, 5.41) is 6.12. The summed E-state index contributed by atoms with van der Waals surface area (Å²) in [5.74, 6) is -2.12. The van der Waals surface area contributed by atoms with E-state index in [-0.39, 0.29) is 49.9 Å². The van der Waals surface area contributed by atoms with Gasteiger partial charge in [-0.3, -0.25) is 14.4 Å². The molecule has 1 fully saturated rings. The molecular weight excluding hydrogens is 655 g/mol. The molecule has 2 heterocycles. The van der Waals surface area contributed by atoms with Crippen LogP contribution in [-0.2, 0) is 45.7 Å². The molecule has 2 aromatic rings. The van der Waals surface area contributed by atoms with E-state index in [2.05, 4.69) is 10.6 Å². The fraction of sp³-hybridized carbons (Fsp3) is 0.514. The molecule has 1 saturated heterocycles. The van der Waals surface area contributed by atoms with E-state index in [0.717, 1.165) is 22.3 Å². The lowest BCUT2D eigenvalue weighted by molar-refractivity contribution is -0.179. The third kappa shape index (κ3) is 10.1. The molecule has 0 spiro atoms. The number of benzene rings is 2. The second-order valence-electron chi connectivity index (χ2n) is 13.8. The minimum atomic E-state index is -1.19. The van der Waals surface area contributed by atoms with Gasteiger partial charge < -0.3 is 24.8 Å². The molecule has 11 heteroatoms. The highest BCUT2D eigenvalue weighted by molar-refractivity contribution is 6.31. The first-order valence-electron chi connectivity index (χ1n) is 16.4. The van der Waals surface area contributed by atoms with Gasteiger partial charge in [0.1, 0.15) is 18.2 Å². The molecule has 6 atom stereocenters. The number of nitrogens with one attached hydrogen (secondary N) is 2. The minimum Gasteiger partial charge on any atom is -0.459 e. The second kappa shape index (κ2) is 16.3. The van der Waals surface area contributed by atoms with E-state index in [1.807, 2.05) is 64.1 Å². The van der Waals surface area contributed by atoms with Crippen LogP contribution >= 0.6 is 23.2 Å². The van der Waals surface area contributed by atoms with Crippen molar-refractivity contribution in [3.05, 3.63) is 81.9 Å². The topological polar surface area (TPSA) is 123 Å². The Morgan fingerprint density at radius 3 is 2.31 bits per heavy atom. The molecule has 0 aromatic heterocycles. The summed E-state index contributed by atoms with van der Waals surface area (Å²) in [6, 6.07) is 12.4. The van der Waals surface area contributed by atoms with Crippen LogP contribution in [0.1, 0.15) is 75.8 Å². The van der Waals surface area contributed by atoms with Crippen molar-refractivity contribution >= 4 is 47.0 Å². The number of epoxide rings is 1. The first-order chi connectivity index (χ1) is 22.7. The fourth-order valence-corrected chi connectivity index (χ4v) is 5.93. The second-order valence-corrected chi connectivity index (χ2v) is 14.5. The molecule has 6 unspecified atom stereocenters. The van der Waals surface area contributed by atoms with Crippen LogP contribution in [0.15, 0.2) is 54.6 Å². The van der Waals surface area contributed by atoms with Crippen LogP contribution in [0.25, 0.3) is 0 Å². The maximum absolute atomic E-state index is 13.6. The van der Waals surface area contributed by atoms with Crippen LogP contribution in [0.3, 0.4) is 0 Å². The number of alkyl halides is 1. The maximum Gasteiger partial charge on any atom is 0.347 e. The van der Waals surface area contributed by atoms with E-state index in [1.165, 1.54) is 6.08 Å². The molecule has 9 nitrogen and oxygen atoms in total. The summed E-state index contributed by atoms with van der Waals surface area (Å²) >= 11 is 12.3. The molecule has 48 heavy (non-hydrogen) atoms. The summed E-state index contributed by atoms with van der Waals surface area (Å²) in [6.07, 6.45) is 1.31. The van der Waals surface area contributed by atoms with Crippen molar-refractivity contribution in [1.29, 1.82) is 0 Å². The van der Waals surface area contributed by atoms with Gasteiger partial charge in [-0.2, -0.15) is 0 Å². The number of ether oxygens (including phenoxy) is 3. The highest BCUT2D eigenvalue weighted by Crippen LogP contribution is 2.45. The average molecular weight is 702 g/mol. The Morgan fingerprint density at radius 1 is 0.979 bits per heavy atom. The van der Waals surface area contributed by atoms with Gasteiger partial charge in [0.2, 0.25) is 11.8 Å². The van der Waals surface area contributed by atoms with Gasteiger partial charge in [0.05, 0.1) is 11.5 Å². The van der Waals surface area contributed by atoms with Crippen molar-refractivity contribution in [2.45, 2.75) is 97.1 Å². The number of rotatable bonds is 8. The highest BCUT2D eigenvalue weighted by atomic mass is 35.5. The van der Waals surface area contributed by atoms with Crippen molar-refractivity contribution in [3.8, 4) is 0 Å². The number of esters is 2. The number of amides is 2. The zero-order chi connectivity index (χ0) is 35.2. The third-order valence-corrected chi connectivity index (χ3v) is 9.48. The fourth-order valence-electron chi connectivity index (χ4n) is 5.55. The van der Waals surface area contributed by atoms with E-state index in [9.17, 15) is 19.2 Å². The Balaban J connectivity index is 1.60. The molecule has 0 bridgehead atoms. The SMILES string of the molecule is Cc1ccc(CC2NC(=O)/C=C/CC(C(C)C3OC3c3ccc(CCl)cc3)OC(=O)C(CC(C)C)OC(=O)C(C)(C)CNC2=O)cc1Cl. The van der Waals surface area contributed by atoms with Crippen LogP contribution in [0.5, 0.6) is 0 Å². The molecule has 0 aliphatic carbocycles. The molecule has 2 aromatic carbocycles. The number of carbonyl (C=O) groups excluding carboxylic acids is 4. The Morgan fingerprint density at radius 2 is 1.67 bits per heavy atom. The van der Waals surface area contributed by atoms with Crippen LogP contribution in [0, 0.1) is 24.2 Å². The molecule has 4 rings (SSSR count). The summed E-state index contributed by atoms with van der Waals surface area (Å²) < 4.78 is 17.9. The minimum absolute atomic E-state index is 0.0198. The van der Waals surface area contributed by atoms with Crippen LogP contribution in [0.4, 0.5) is 0 Å². The van der Waals surface area contributed by atoms with E-state index in [0.29, 0.717) is 10.9 Å². The van der Waals surface area contributed by atoms with Gasteiger partial charge in [-0.1, -0.05) is 74.8 Å². The Labute approximate surface area is 293 Å². The number of cyclic esters (lactones) is 2. The monoisotopic (exact) mass is 700 g/mol. The van der Waals surface area contributed by atoms with Gasteiger partial charge in [-0.15, -0.1) is 11.6 Å². The molecule has 0 saturated carbocycles. The van der Waals surface area contributed by atoms with Crippen molar-refractivity contribution in [3.63, 3.8) is 0 Å². The zero-order valence-corrected chi connectivity index (χ0v) is 29.9. The lowest BCUT2D eigenvalue weighted by atomic mass is 9.92. The number of hydrogen-bond donors (Lipinski definition) is 2. The Bertz CT molecular complexity index is 1510. The Hall–Kier alpha value is -3.40. The van der Waals surface area contributed by atoms with Gasteiger partial charge in [0, 0.05) is 36.2 Å². The maximum atomic E-state index is 13.6. The van der Waals surface area contributed by atoms with Gasteiger partial charge in [-0.05, 0) is 67.5 Å². The first-order valence-corrected chi connectivity index (χ1v) is 17.3. The van der Waals surface area contributed by atoms with Crippen molar-refractivity contribution in [2.75, 3.05) is 6.54 Å². The summed E-state index contributed by atoms with van der Waals surface area (Å²) in [4.78, 5) is 53.7. The van der Waals surface area contributed by atoms with Crippen molar-refractivity contribution in [2.24, 2.45) is 17.3 Å². The lowest BCUT2D eigenvalue weighted by Crippen LogP contribution is -2.51. The Kier molecular flexibility index (Phi) is 12.7. The molecule has 2 N–H and O–H groups in total. The predicted molar refractivity (Wildman–Crippen MR) is 184 cm³/mol. The van der Waals surface area contributed by atoms with E-state index in [1.54, 1.807) is 26.0 Å². The molecule has 2 aliphatic heterocycles. The quantitative estimate of drug-likeness (QED) is 0.192. The van der Waals surface area contributed by atoms with Gasteiger partial charge in [0.25, 0.3) is 0 Å². The molecule has 0 radical (unpaired) electrons. The third-order valence-electron chi connectivity index (χ3n) is 8.76. The smallest absolute Gasteiger partial charge is 0.347 e. The largest absolute Gasteiger partial charge is 0.459 e. The summed E-state index contributed by atoms with van der Waals surface area (Å²) in [7, 11) is 0. The van der Waals surface area contributed by atoms with Crippen molar-refractivity contribution < 1.29 is 33.4 Å². The summed E-state index contributed by atoms with van der Waals surface area (Å²) in [6.45, 7) is 10.8. The molecular formula is C37H46Cl2N2O7. The van der Waals surface area contributed by atoms with E-state index < -0.39 is 47.4 Å². The number of aryl methyl sites for hydroxylation is 1. The highest BCUT2D eigenvalue weighted by Gasteiger charge is 2.48. The van der Waals surface area contributed by atoms with Gasteiger partial charge >= 0.3 is 11.9 Å². The van der Waals surface area contributed by atoms with Gasteiger partial charge in [-0.25, -0.2) is 4.79 Å². The predicted octanol–water partition coefficient (Wildman–Crippen LogP) is 6.16. The lowest BCUT2D eigenvalue weighted by Gasteiger charge is -2.29. The van der Waals surface area contributed by atoms with Gasteiger partial charge in [0.15, 0.2) is 6.10 Å². The van der Waals surface area contributed by atoms with Crippen molar-refractivity contribution in [1.82, 2.24) is 10.6 Å². The number of hydrogen-bond acceptors (Lipinski definition) is 7. The summed E-state index contributed by atoms with van der Waals surface area (Å²) in [5.41, 5.74) is 2.45. The van der Waals surface area contributed by atoms with Crippen LogP contribution in [0.2, 0.25) is 5.02 Å². The molecule has 2 amide bonds. The molecule has 2 aliphatic rings. The van der Waals surface area contributed by atoms with Crippen LogP contribution < -0.4 is 10.6 Å². The normalized spacial score (nSPS) is 26.6. The average Bonchev–Trinajstić information content (AvgIpc) is 3.84.